The third-order valence-corrected chi connectivity index (χ3v) is 8.03. The number of likely N-dealkylation sites (tertiary alicyclic amines) is 1. The van der Waals surface area contributed by atoms with Gasteiger partial charge in [0, 0.05) is 63.0 Å². The largest absolute Gasteiger partial charge is 0.493 e. The number of ether oxygens (including phenoxy) is 2. The van der Waals surface area contributed by atoms with Gasteiger partial charge >= 0.3 is 0 Å². The summed E-state index contributed by atoms with van der Waals surface area (Å²) in [5.41, 5.74) is 3.24. The van der Waals surface area contributed by atoms with Crippen molar-refractivity contribution in [1.29, 1.82) is 0 Å². The van der Waals surface area contributed by atoms with Crippen molar-refractivity contribution in [2.75, 3.05) is 69.3 Å². The second-order valence-electron chi connectivity index (χ2n) is 10.8. The molecule has 2 aliphatic heterocycles. The van der Waals surface area contributed by atoms with Crippen LogP contribution >= 0.6 is 0 Å². The van der Waals surface area contributed by atoms with Crippen LogP contribution in [-0.2, 0) is 6.42 Å². The van der Waals surface area contributed by atoms with Gasteiger partial charge in [0.25, 0.3) is 0 Å². The van der Waals surface area contributed by atoms with Gasteiger partial charge in [-0.05, 0) is 49.5 Å². The number of methoxy groups -OCH3 is 1. The number of hydrogen-bond acceptors (Lipinski definition) is 9. The van der Waals surface area contributed by atoms with E-state index in [4.69, 9.17) is 9.47 Å². The zero-order chi connectivity index (χ0) is 27.9. The minimum atomic E-state index is 0.660. The summed E-state index contributed by atoms with van der Waals surface area (Å²) in [6.07, 6.45) is 11.4. The summed E-state index contributed by atoms with van der Waals surface area (Å²) in [5.74, 6) is 3.15. The van der Waals surface area contributed by atoms with E-state index >= 15 is 0 Å². The number of aromatic nitrogens is 4. The molecule has 0 saturated carbocycles. The molecular formula is C32H39N7O2. The second-order valence-corrected chi connectivity index (χ2v) is 10.8. The maximum absolute atomic E-state index is 6.17. The van der Waals surface area contributed by atoms with E-state index in [1.54, 1.807) is 13.4 Å². The topological polar surface area (TPSA) is 79.7 Å². The van der Waals surface area contributed by atoms with E-state index < -0.39 is 0 Å². The number of piperidine rings is 1. The average Bonchev–Trinajstić information content (AvgIpc) is 3.04. The highest BCUT2D eigenvalue weighted by atomic mass is 16.5. The van der Waals surface area contributed by atoms with Gasteiger partial charge in [-0.2, -0.15) is 0 Å². The highest BCUT2D eigenvalue weighted by Gasteiger charge is 2.23. The van der Waals surface area contributed by atoms with Crippen LogP contribution in [0.4, 0.5) is 11.8 Å². The van der Waals surface area contributed by atoms with Crippen LogP contribution in [0.1, 0.15) is 36.8 Å². The molecule has 0 unspecified atom stereocenters. The normalized spacial score (nSPS) is 16.2. The van der Waals surface area contributed by atoms with Crippen molar-refractivity contribution < 1.29 is 9.47 Å². The Hall–Kier alpha value is -3.98. The molecule has 4 aromatic rings. The van der Waals surface area contributed by atoms with Gasteiger partial charge < -0.3 is 24.2 Å². The monoisotopic (exact) mass is 553 g/mol. The maximum atomic E-state index is 6.17. The summed E-state index contributed by atoms with van der Waals surface area (Å²) in [5, 5.41) is 0.972. The van der Waals surface area contributed by atoms with Gasteiger partial charge in [-0.1, -0.05) is 36.8 Å². The molecule has 0 radical (unpaired) electrons. The highest BCUT2D eigenvalue weighted by molar-refractivity contribution is 5.92. The Morgan fingerprint density at radius 2 is 1.51 bits per heavy atom. The highest BCUT2D eigenvalue weighted by Crippen LogP contribution is 2.35. The zero-order valence-electron chi connectivity index (χ0n) is 23.9. The molecule has 4 heterocycles. The van der Waals surface area contributed by atoms with E-state index in [-0.39, 0.29) is 0 Å². The lowest BCUT2D eigenvalue weighted by Crippen LogP contribution is -2.47. The number of benzene rings is 2. The van der Waals surface area contributed by atoms with Crippen LogP contribution in [0.3, 0.4) is 0 Å². The number of piperazine rings is 1. The molecule has 6 rings (SSSR count). The predicted molar refractivity (Wildman–Crippen MR) is 162 cm³/mol. The lowest BCUT2D eigenvalue weighted by molar-refractivity contribution is 0.203. The predicted octanol–water partition coefficient (Wildman–Crippen LogP) is 4.60. The lowest BCUT2D eigenvalue weighted by atomic mass is 10.1. The third-order valence-electron chi connectivity index (χ3n) is 8.03. The first-order valence-electron chi connectivity index (χ1n) is 14.8. The Bertz CT molecular complexity index is 1400. The van der Waals surface area contributed by atoms with Crippen LogP contribution in [0, 0.1) is 0 Å². The standard InChI is InChI=1S/C32H39N7O2/c1-40-29-20-27-28(21-30(29)41-18-8-13-37-11-6-3-7-12-37)35-24-36-31(27)38-14-16-39(17-15-38)32-33-22-26(23-34-32)19-25-9-4-2-5-10-25/h2,4-5,9-10,20-24H,3,6-8,11-19H2,1H3. The van der Waals surface area contributed by atoms with Crippen molar-refractivity contribution in [2.45, 2.75) is 32.1 Å². The lowest BCUT2D eigenvalue weighted by Gasteiger charge is -2.35. The van der Waals surface area contributed by atoms with Gasteiger partial charge in [0.05, 0.1) is 19.2 Å². The van der Waals surface area contributed by atoms with Crippen molar-refractivity contribution in [3.05, 3.63) is 72.3 Å². The van der Waals surface area contributed by atoms with E-state index in [1.165, 1.54) is 37.9 Å². The Balaban J connectivity index is 1.08. The Morgan fingerprint density at radius 3 is 2.27 bits per heavy atom. The van der Waals surface area contributed by atoms with Gasteiger partial charge in [0.1, 0.15) is 12.1 Å². The summed E-state index contributed by atoms with van der Waals surface area (Å²) in [6, 6.07) is 14.4. The molecule has 214 valence electrons. The molecule has 9 heteroatoms. The summed E-state index contributed by atoms with van der Waals surface area (Å²) >= 11 is 0. The summed E-state index contributed by atoms with van der Waals surface area (Å²) in [4.78, 5) is 25.7. The molecule has 2 aliphatic rings. The van der Waals surface area contributed by atoms with Crippen molar-refractivity contribution >= 4 is 22.7 Å². The molecule has 2 aromatic carbocycles. The molecule has 2 saturated heterocycles. The third kappa shape index (κ3) is 6.68. The smallest absolute Gasteiger partial charge is 0.225 e. The molecule has 0 atom stereocenters. The van der Waals surface area contributed by atoms with Gasteiger partial charge in [0.15, 0.2) is 11.5 Å². The van der Waals surface area contributed by atoms with E-state index in [0.717, 1.165) is 79.5 Å². The van der Waals surface area contributed by atoms with Crippen molar-refractivity contribution in [2.24, 2.45) is 0 Å². The Morgan fingerprint density at radius 1 is 0.756 bits per heavy atom. The molecule has 9 nitrogen and oxygen atoms in total. The fourth-order valence-electron chi connectivity index (χ4n) is 5.78. The quantitative estimate of drug-likeness (QED) is 0.262. The van der Waals surface area contributed by atoms with E-state index in [1.807, 2.05) is 30.6 Å². The van der Waals surface area contributed by atoms with Crippen LogP contribution in [0.5, 0.6) is 11.5 Å². The zero-order valence-corrected chi connectivity index (χ0v) is 23.9. The number of rotatable bonds is 10. The van der Waals surface area contributed by atoms with Crippen LogP contribution in [0.15, 0.2) is 61.2 Å². The summed E-state index contributed by atoms with van der Waals surface area (Å²) in [6.45, 7) is 7.43. The molecule has 0 aliphatic carbocycles. The van der Waals surface area contributed by atoms with Crippen molar-refractivity contribution in [1.82, 2.24) is 24.8 Å². The first-order chi connectivity index (χ1) is 20.3. The second kappa shape index (κ2) is 13.1. The number of hydrogen-bond donors (Lipinski definition) is 0. The summed E-state index contributed by atoms with van der Waals surface area (Å²) in [7, 11) is 1.69. The molecular weight excluding hydrogens is 514 g/mol. The van der Waals surface area contributed by atoms with Crippen LogP contribution < -0.4 is 19.3 Å². The molecule has 41 heavy (non-hydrogen) atoms. The van der Waals surface area contributed by atoms with Gasteiger partial charge in [-0.15, -0.1) is 0 Å². The van der Waals surface area contributed by atoms with Gasteiger partial charge in [-0.25, -0.2) is 19.9 Å². The maximum Gasteiger partial charge on any atom is 0.225 e. The Labute approximate surface area is 242 Å². The van der Waals surface area contributed by atoms with E-state index in [9.17, 15) is 0 Å². The molecule has 0 spiro atoms. The van der Waals surface area contributed by atoms with E-state index in [2.05, 4.69) is 58.9 Å². The van der Waals surface area contributed by atoms with Crippen LogP contribution in [-0.4, -0.2) is 84.4 Å². The minimum Gasteiger partial charge on any atom is -0.493 e. The van der Waals surface area contributed by atoms with Crippen molar-refractivity contribution in [3.63, 3.8) is 0 Å². The van der Waals surface area contributed by atoms with Crippen molar-refractivity contribution in [3.8, 4) is 11.5 Å². The fourth-order valence-corrected chi connectivity index (χ4v) is 5.78. The van der Waals surface area contributed by atoms with Gasteiger partial charge in [0.2, 0.25) is 5.95 Å². The molecule has 2 aromatic heterocycles. The molecule has 0 amide bonds. The molecule has 0 bridgehead atoms. The van der Waals surface area contributed by atoms with Crippen LogP contribution in [0.2, 0.25) is 0 Å². The first-order valence-corrected chi connectivity index (χ1v) is 14.8. The SMILES string of the molecule is COc1cc2c(N3CCN(c4ncc(Cc5ccccc5)cn4)CC3)ncnc2cc1OCCCN1CCCCC1. The fraction of sp³-hybridized carbons (Fsp3) is 0.438. The van der Waals surface area contributed by atoms with E-state index in [0.29, 0.717) is 12.4 Å². The first kappa shape index (κ1) is 27.2. The number of fused-ring (bicyclic) bond motifs is 1. The number of nitrogens with zero attached hydrogens (tertiary/aromatic N) is 7. The molecule has 0 N–H and O–H groups in total. The number of anilines is 2. The van der Waals surface area contributed by atoms with Gasteiger partial charge in [-0.3, -0.25) is 0 Å². The summed E-state index contributed by atoms with van der Waals surface area (Å²) < 4.78 is 11.9. The minimum absolute atomic E-state index is 0.660. The van der Waals surface area contributed by atoms with Crippen LogP contribution in [0.25, 0.3) is 10.9 Å². The molecule has 2 fully saturated rings. The average molecular weight is 554 g/mol. The Kier molecular flexibility index (Phi) is 8.71.